The van der Waals surface area contributed by atoms with E-state index in [0.29, 0.717) is 11.3 Å². The molecule has 1 aliphatic heterocycles. The van der Waals surface area contributed by atoms with Gasteiger partial charge in [0.1, 0.15) is 11.6 Å². The minimum atomic E-state index is -0.281. The number of benzene rings is 1. The molecule has 1 aromatic rings. The van der Waals surface area contributed by atoms with Crippen LogP contribution in [0.4, 0.5) is 4.39 Å². The van der Waals surface area contributed by atoms with E-state index in [4.69, 9.17) is 10.6 Å². The summed E-state index contributed by atoms with van der Waals surface area (Å²) in [5, 5.41) is 0. The van der Waals surface area contributed by atoms with E-state index < -0.39 is 0 Å². The normalized spacial score (nSPS) is 20.2. The van der Waals surface area contributed by atoms with Crippen LogP contribution < -0.4 is 16.0 Å². The summed E-state index contributed by atoms with van der Waals surface area (Å²) in [6.07, 6.45) is 3.28. The topological polar surface area (TPSA) is 50.5 Å². The highest BCUT2D eigenvalue weighted by molar-refractivity contribution is 5.32. The van der Waals surface area contributed by atoms with Gasteiger partial charge in [0, 0.05) is 17.2 Å². The lowest BCUT2D eigenvalue weighted by Crippen LogP contribution is -2.55. The van der Waals surface area contributed by atoms with Crippen LogP contribution in [-0.4, -0.2) is 30.6 Å². The summed E-state index contributed by atoms with van der Waals surface area (Å²) < 4.78 is 19.5. The second kappa shape index (κ2) is 6.73. The van der Waals surface area contributed by atoms with Crippen LogP contribution in [0.25, 0.3) is 0 Å². The van der Waals surface area contributed by atoms with Crippen LogP contribution in [0.3, 0.4) is 0 Å². The Bertz CT molecular complexity index is 477. The van der Waals surface area contributed by atoms with E-state index in [2.05, 4.69) is 24.2 Å². The van der Waals surface area contributed by atoms with E-state index in [1.165, 1.54) is 26.0 Å². The lowest BCUT2D eigenvalue weighted by molar-refractivity contribution is 0.0824. The molecule has 0 amide bonds. The third kappa shape index (κ3) is 3.05. The molecule has 1 aliphatic rings. The van der Waals surface area contributed by atoms with Crippen molar-refractivity contribution in [3.63, 3.8) is 0 Å². The fourth-order valence-corrected chi connectivity index (χ4v) is 3.31. The average Bonchev–Trinajstić information content (AvgIpc) is 3.04. The monoisotopic (exact) mass is 295 g/mol. The molecule has 118 valence electrons. The van der Waals surface area contributed by atoms with Gasteiger partial charge in [0.25, 0.3) is 0 Å². The lowest BCUT2D eigenvalue weighted by Gasteiger charge is -2.44. The number of nitrogens with two attached hydrogens (primary N) is 1. The van der Waals surface area contributed by atoms with E-state index in [9.17, 15) is 4.39 Å². The molecule has 0 radical (unpaired) electrons. The number of nitrogens with one attached hydrogen (secondary N) is 1. The van der Waals surface area contributed by atoms with Crippen LogP contribution in [0.5, 0.6) is 5.75 Å². The first-order chi connectivity index (χ1) is 10.1. The van der Waals surface area contributed by atoms with E-state index in [0.717, 1.165) is 19.5 Å². The largest absolute Gasteiger partial charge is 0.497 e. The van der Waals surface area contributed by atoms with Gasteiger partial charge < -0.3 is 4.74 Å². The maximum Gasteiger partial charge on any atom is 0.131 e. The predicted molar refractivity (Wildman–Crippen MR) is 82.5 cm³/mol. The first-order valence-electron chi connectivity index (χ1n) is 7.61. The number of halogens is 1. The van der Waals surface area contributed by atoms with Gasteiger partial charge >= 0.3 is 0 Å². The summed E-state index contributed by atoms with van der Waals surface area (Å²) in [5.74, 6) is 6.04. The Morgan fingerprint density at radius 2 is 2.10 bits per heavy atom. The molecule has 0 aromatic heterocycles. The van der Waals surface area contributed by atoms with E-state index >= 15 is 0 Å². The van der Waals surface area contributed by atoms with Crippen LogP contribution in [-0.2, 0) is 0 Å². The molecule has 0 aliphatic carbocycles. The minimum Gasteiger partial charge on any atom is -0.497 e. The van der Waals surface area contributed by atoms with Gasteiger partial charge in [-0.2, -0.15) is 0 Å². The molecule has 2 atom stereocenters. The fourth-order valence-electron chi connectivity index (χ4n) is 3.31. The SMILES string of the molecule is CCC(C)(C(NN)c1ccc(OC)cc1F)N1CCCC1. The predicted octanol–water partition coefficient (Wildman–Crippen LogP) is 2.60. The Balaban J connectivity index is 2.36. The van der Waals surface area contributed by atoms with Crippen molar-refractivity contribution in [1.29, 1.82) is 0 Å². The summed E-state index contributed by atoms with van der Waals surface area (Å²) >= 11 is 0. The van der Waals surface area contributed by atoms with Crippen LogP contribution in [0.2, 0.25) is 0 Å². The number of hydrazine groups is 1. The zero-order valence-corrected chi connectivity index (χ0v) is 13.2. The number of likely N-dealkylation sites (tertiary alicyclic amines) is 1. The molecule has 1 fully saturated rings. The summed E-state index contributed by atoms with van der Waals surface area (Å²) in [6.45, 7) is 6.37. The van der Waals surface area contributed by atoms with Crippen LogP contribution in [0.15, 0.2) is 18.2 Å². The molecule has 0 spiro atoms. The average molecular weight is 295 g/mol. The van der Waals surface area contributed by atoms with Gasteiger partial charge in [0.05, 0.1) is 13.2 Å². The van der Waals surface area contributed by atoms with E-state index in [-0.39, 0.29) is 17.4 Å². The Morgan fingerprint density at radius 1 is 1.43 bits per heavy atom. The Hall–Kier alpha value is -1.17. The number of methoxy groups -OCH3 is 1. The summed E-state index contributed by atoms with van der Waals surface area (Å²) in [7, 11) is 1.54. The van der Waals surface area contributed by atoms with Crippen molar-refractivity contribution < 1.29 is 9.13 Å². The van der Waals surface area contributed by atoms with Crippen molar-refractivity contribution >= 4 is 0 Å². The number of rotatable bonds is 6. The van der Waals surface area contributed by atoms with Crippen molar-refractivity contribution in [1.82, 2.24) is 10.3 Å². The van der Waals surface area contributed by atoms with Crippen molar-refractivity contribution in [3.8, 4) is 5.75 Å². The fraction of sp³-hybridized carbons (Fsp3) is 0.625. The van der Waals surface area contributed by atoms with Crippen LogP contribution >= 0.6 is 0 Å². The van der Waals surface area contributed by atoms with Gasteiger partial charge in [0.2, 0.25) is 0 Å². The highest BCUT2D eigenvalue weighted by Crippen LogP contribution is 2.37. The van der Waals surface area contributed by atoms with Gasteiger partial charge in [-0.05, 0) is 45.3 Å². The Morgan fingerprint density at radius 3 is 2.57 bits per heavy atom. The lowest BCUT2D eigenvalue weighted by atomic mass is 9.83. The molecule has 2 rings (SSSR count). The first-order valence-corrected chi connectivity index (χ1v) is 7.61. The molecule has 1 saturated heterocycles. The van der Waals surface area contributed by atoms with Gasteiger partial charge in [-0.25, -0.2) is 4.39 Å². The summed E-state index contributed by atoms with van der Waals surface area (Å²) in [4.78, 5) is 2.42. The van der Waals surface area contributed by atoms with Gasteiger partial charge in [0.15, 0.2) is 0 Å². The molecule has 21 heavy (non-hydrogen) atoms. The van der Waals surface area contributed by atoms with Crippen molar-refractivity contribution in [2.24, 2.45) is 5.84 Å². The van der Waals surface area contributed by atoms with Crippen molar-refractivity contribution in [2.45, 2.75) is 44.7 Å². The number of ether oxygens (including phenoxy) is 1. The van der Waals surface area contributed by atoms with Crippen molar-refractivity contribution in [3.05, 3.63) is 29.6 Å². The maximum atomic E-state index is 14.4. The third-order valence-corrected chi connectivity index (χ3v) is 4.85. The molecular formula is C16H26FN3O. The first kappa shape index (κ1) is 16.2. The summed E-state index contributed by atoms with van der Waals surface area (Å²) in [5.41, 5.74) is 3.23. The summed E-state index contributed by atoms with van der Waals surface area (Å²) in [6, 6.07) is 4.71. The number of hydrogen-bond acceptors (Lipinski definition) is 4. The zero-order valence-electron chi connectivity index (χ0n) is 13.2. The van der Waals surface area contributed by atoms with Crippen LogP contribution in [0, 0.1) is 5.82 Å². The third-order valence-electron chi connectivity index (χ3n) is 4.85. The quantitative estimate of drug-likeness (QED) is 0.626. The van der Waals surface area contributed by atoms with E-state index in [1.54, 1.807) is 12.1 Å². The smallest absolute Gasteiger partial charge is 0.131 e. The molecule has 1 aromatic carbocycles. The second-order valence-electron chi connectivity index (χ2n) is 5.89. The zero-order chi connectivity index (χ0) is 15.5. The highest BCUT2D eigenvalue weighted by atomic mass is 19.1. The molecule has 0 bridgehead atoms. The molecule has 1 heterocycles. The number of nitrogens with zero attached hydrogens (tertiary/aromatic N) is 1. The second-order valence-corrected chi connectivity index (χ2v) is 5.89. The maximum absolute atomic E-state index is 14.4. The molecular weight excluding hydrogens is 269 g/mol. The van der Waals surface area contributed by atoms with E-state index in [1.807, 2.05) is 0 Å². The minimum absolute atomic E-state index is 0.208. The molecule has 4 nitrogen and oxygen atoms in total. The molecule has 3 N–H and O–H groups in total. The number of hydrogen-bond donors (Lipinski definition) is 2. The molecule has 5 heteroatoms. The van der Waals surface area contributed by atoms with Gasteiger partial charge in [-0.15, -0.1) is 0 Å². The molecule has 0 saturated carbocycles. The van der Waals surface area contributed by atoms with Crippen molar-refractivity contribution in [2.75, 3.05) is 20.2 Å². The Kier molecular flexibility index (Phi) is 5.19. The van der Waals surface area contributed by atoms with Gasteiger partial charge in [-0.3, -0.25) is 16.2 Å². The molecule has 2 unspecified atom stereocenters. The standard InChI is InChI=1S/C16H26FN3O/c1-4-16(2,20-9-5-6-10-20)15(19-18)13-8-7-12(21-3)11-14(13)17/h7-8,11,15,19H,4-6,9-10,18H2,1-3H3. The van der Waals surface area contributed by atoms with Gasteiger partial charge in [-0.1, -0.05) is 13.0 Å². The Labute approximate surface area is 126 Å². The highest BCUT2D eigenvalue weighted by Gasteiger charge is 2.40. The van der Waals surface area contributed by atoms with Crippen LogP contribution in [0.1, 0.15) is 44.7 Å².